The molecule has 168 valence electrons. The quantitative estimate of drug-likeness (QED) is 0.543. The Kier molecular flexibility index (Phi) is 5.71. The third kappa shape index (κ3) is 4.22. The second-order valence-corrected chi connectivity index (χ2v) is 9.18. The fourth-order valence-electron chi connectivity index (χ4n) is 4.20. The van der Waals surface area contributed by atoms with Crippen LogP contribution in [-0.2, 0) is 17.7 Å². The molecule has 0 aliphatic carbocycles. The molecule has 1 aliphatic heterocycles. The van der Waals surface area contributed by atoms with Gasteiger partial charge in [0.05, 0.1) is 19.7 Å². The van der Waals surface area contributed by atoms with Crippen molar-refractivity contribution in [3.8, 4) is 22.6 Å². The van der Waals surface area contributed by atoms with Crippen molar-refractivity contribution in [1.29, 1.82) is 0 Å². The summed E-state index contributed by atoms with van der Waals surface area (Å²) in [7, 11) is 3.26. The van der Waals surface area contributed by atoms with E-state index < -0.39 is 5.60 Å². The van der Waals surface area contributed by atoms with E-state index in [1.807, 2.05) is 39.1 Å². The molecule has 0 saturated carbocycles. The Morgan fingerprint density at radius 2 is 1.75 bits per heavy atom. The number of benzene rings is 2. The molecular formula is C26H30N2O4. The summed E-state index contributed by atoms with van der Waals surface area (Å²) in [5, 5.41) is 1.00. The second-order valence-electron chi connectivity index (χ2n) is 9.18. The summed E-state index contributed by atoms with van der Waals surface area (Å²) >= 11 is 0. The van der Waals surface area contributed by atoms with E-state index in [9.17, 15) is 4.79 Å². The van der Waals surface area contributed by atoms with Gasteiger partial charge in [-0.25, -0.2) is 4.79 Å². The molecule has 6 nitrogen and oxygen atoms in total. The number of hydrogen-bond donors (Lipinski definition) is 0. The lowest BCUT2D eigenvalue weighted by molar-refractivity contribution is 0.0224. The van der Waals surface area contributed by atoms with Crippen LogP contribution in [0, 0.1) is 6.92 Å². The molecule has 0 saturated heterocycles. The molecule has 1 aliphatic rings. The number of aromatic nitrogens is 1. The monoisotopic (exact) mass is 434 g/mol. The molecule has 2 aromatic carbocycles. The second kappa shape index (κ2) is 8.34. The van der Waals surface area contributed by atoms with Crippen LogP contribution in [0.25, 0.3) is 22.0 Å². The van der Waals surface area contributed by atoms with Crippen molar-refractivity contribution < 1.29 is 19.0 Å². The molecule has 0 unspecified atom stereocenters. The number of carbonyl (C=O) groups is 1. The minimum absolute atomic E-state index is 0.268. The Balaban J connectivity index is 1.75. The van der Waals surface area contributed by atoms with Crippen molar-refractivity contribution in [3.05, 3.63) is 53.2 Å². The third-order valence-corrected chi connectivity index (χ3v) is 5.72. The lowest BCUT2D eigenvalue weighted by Gasteiger charge is -2.31. The number of ether oxygens (including phenoxy) is 3. The Hall–Kier alpha value is -3.28. The molecular weight excluding hydrogens is 404 g/mol. The van der Waals surface area contributed by atoms with E-state index in [1.54, 1.807) is 19.1 Å². The molecule has 0 bridgehead atoms. The van der Waals surface area contributed by atoms with Crippen LogP contribution in [0.5, 0.6) is 11.5 Å². The van der Waals surface area contributed by atoms with Gasteiger partial charge in [0.1, 0.15) is 5.60 Å². The van der Waals surface area contributed by atoms with Crippen LogP contribution >= 0.6 is 0 Å². The van der Waals surface area contributed by atoms with Crippen molar-refractivity contribution in [1.82, 2.24) is 9.88 Å². The van der Waals surface area contributed by atoms with E-state index in [1.165, 1.54) is 5.56 Å². The smallest absolute Gasteiger partial charge is 0.410 e. The lowest BCUT2D eigenvalue weighted by Crippen LogP contribution is -2.39. The minimum Gasteiger partial charge on any atom is -0.493 e. The molecule has 32 heavy (non-hydrogen) atoms. The molecule has 0 spiro atoms. The summed E-state index contributed by atoms with van der Waals surface area (Å²) in [6.45, 7) is 8.93. The number of rotatable bonds is 3. The normalized spacial score (nSPS) is 13.6. The Bertz CT molecular complexity index is 1180. The highest BCUT2D eigenvalue weighted by Crippen LogP contribution is 2.38. The van der Waals surface area contributed by atoms with E-state index in [0.29, 0.717) is 24.6 Å². The van der Waals surface area contributed by atoms with Crippen LogP contribution < -0.4 is 9.47 Å². The highest BCUT2D eigenvalue weighted by molar-refractivity contribution is 5.98. The van der Waals surface area contributed by atoms with Gasteiger partial charge in [-0.2, -0.15) is 0 Å². The zero-order chi connectivity index (χ0) is 23.0. The van der Waals surface area contributed by atoms with Crippen LogP contribution in [0.1, 0.15) is 37.5 Å². The standard InChI is InChI=1S/C26H30N2O4/c1-16-14-27-21-13-23(31-6)22(30-5)12-20(21)24(16)18-8-7-17-9-10-28(15-19(17)11-18)25(29)32-26(2,3)4/h7-8,11-14H,9-10,15H2,1-6H3. The third-order valence-electron chi connectivity index (χ3n) is 5.72. The molecule has 4 rings (SSSR count). The molecule has 3 aromatic rings. The van der Waals surface area contributed by atoms with Crippen molar-refractivity contribution in [2.75, 3.05) is 20.8 Å². The van der Waals surface area contributed by atoms with E-state index in [-0.39, 0.29) is 6.09 Å². The zero-order valence-electron chi connectivity index (χ0n) is 19.6. The van der Waals surface area contributed by atoms with Gasteiger partial charge >= 0.3 is 6.09 Å². The Morgan fingerprint density at radius 1 is 1.03 bits per heavy atom. The first-order valence-electron chi connectivity index (χ1n) is 10.8. The molecule has 0 fully saturated rings. The van der Waals surface area contributed by atoms with Gasteiger partial charge in [0.15, 0.2) is 11.5 Å². The first kappa shape index (κ1) is 21.9. The van der Waals surface area contributed by atoms with E-state index in [4.69, 9.17) is 14.2 Å². The molecule has 1 amide bonds. The summed E-state index contributed by atoms with van der Waals surface area (Å²) in [5.74, 6) is 1.32. The molecule has 0 radical (unpaired) electrons. The maximum Gasteiger partial charge on any atom is 0.410 e. The average molecular weight is 435 g/mol. The SMILES string of the molecule is COc1cc2ncc(C)c(-c3ccc4c(c3)CN(C(=O)OC(C)(C)C)CC4)c2cc1OC. The average Bonchev–Trinajstić information content (AvgIpc) is 2.76. The van der Waals surface area contributed by atoms with Crippen molar-refractivity contribution in [3.63, 3.8) is 0 Å². The number of nitrogens with zero attached hydrogens (tertiary/aromatic N) is 2. The summed E-state index contributed by atoms with van der Waals surface area (Å²) < 4.78 is 16.6. The van der Waals surface area contributed by atoms with Crippen LogP contribution in [0.15, 0.2) is 36.5 Å². The van der Waals surface area contributed by atoms with Crippen LogP contribution in [0.2, 0.25) is 0 Å². The summed E-state index contributed by atoms with van der Waals surface area (Å²) in [6, 6.07) is 10.4. The fourth-order valence-corrected chi connectivity index (χ4v) is 4.20. The molecule has 0 atom stereocenters. The van der Waals surface area contributed by atoms with E-state index in [0.717, 1.165) is 39.6 Å². The summed E-state index contributed by atoms with van der Waals surface area (Å²) in [4.78, 5) is 19.0. The molecule has 1 aromatic heterocycles. The van der Waals surface area contributed by atoms with Gasteiger partial charge in [0.2, 0.25) is 0 Å². The van der Waals surface area contributed by atoms with Gasteiger partial charge in [0.25, 0.3) is 0 Å². The number of hydrogen-bond acceptors (Lipinski definition) is 5. The predicted octanol–water partition coefficient (Wildman–Crippen LogP) is 5.52. The van der Waals surface area contributed by atoms with Crippen molar-refractivity contribution in [2.24, 2.45) is 0 Å². The van der Waals surface area contributed by atoms with Gasteiger partial charge in [-0.05, 0) is 74.1 Å². The number of aryl methyl sites for hydroxylation is 1. The fraction of sp³-hybridized carbons (Fsp3) is 0.385. The maximum atomic E-state index is 12.6. The Labute approximate surface area is 189 Å². The van der Waals surface area contributed by atoms with Gasteiger partial charge in [-0.15, -0.1) is 0 Å². The minimum atomic E-state index is -0.508. The molecule has 2 heterocycles. The van der Waals surface area contributed by atoms with Gasteiger partial charge in [0, 0.05) is 30.7 Å². The lowest BCUT2D eigenvalue weighted by atomic mass is 9.91. The first-order valence-corrected chi connectivity index (χ1v) is 10.8. The molecule has 0 N–H and O–H groups in total. The van der Waals surface area contributed by atoms with Gasteiger partial charge < -0.3 is 19.1 Å². The number of methoxy groups -OCH3 is 2. The van der Waals surface area contributed by atoms with Crippen molar-refractivity contribution >= 4 is 17.0 Å². The highest BCUT2D eigenvalue weighted by atomic mass is 16.6. The van der Waals surface area contributed by atoms with Crippen LogP contribution in [0.4, 0.5) is 4.79 Å². The number of carbonyl (C=O) groups excluding carboxylic acids is 1. The number of fused-ring (bicyclic) bond motifs is 2. The number of amides is 1. The molecule has 6 heteroatoms. The van der Waals surface area contributed by atoms with E-state index >= 15 is 0 Å². The van der Waals surface area contributed by atoms with Crippen molar-refractivity contribution in [2.45, 2.75) is 46.3 Å². The summed E-state index contributed by atoms with van der Waals surface area (Å²) in [5.41, 5.74) is 6.01. The highest BCUT2D eigenvalue weighted by Gasteiger charge is 2.26. The van der Waals surface area contributed by atoms with Crippen LogP contribution in [-0.4, -0.2) is 42.3 Å². The summed E-state index contributed by atoms with van der Waals surface area (Å²) in [6.07, 6.45) is 2.43. The van der Waals surface area contributed by atoms with Gasteiger partial charge in [-0.3, -0.25) is 4.98 Å². The zero-order valence-corrected chi connectivity index (χ0v) is 19.6. The topological polar surface area (TPSA) is 60.9 Å². The largest absolute Gasteiger partial charge is 0.493 e. The number of pyridine rings is 1. The Morgan fingerprint density at radius 3 is 2.44 bits per heavy atom. The van der Waals surface area contributed by atoms with Crippen LogP contribution in [0.3, 0.4) is 0 Å². The maximum absolute atomic E-state index is 12.6. The van der Waals surface area contributed by atoms with Gasteiger partial charge in [-0.1, -0.05) is 12.1 Å². The van der Waals surface area contributed by atoms with E-state index in [2.05, 4.69) is 30.1 Å². The first-order chi connectivity index (χ1) is 15.2. The predicted molar refractivity (Wildman–Crippen MR) is 125 cm³/mol.